The summed E-state index contributed by atoms with van der Waals surface area (Å²) in [5.74, 6) is -1.18. The number of hydrogen-bond donors (Lipinski definition) is 1. The first-order chi connectivity index (χ1) is 6.67. The first kappa shape index (κ1) is 15.9. The van der Waals surface area contributed by atoms with Crippen molar-refractivity contribution in [2.24, 2.45) is 5.92 Å². The van der Waals surface area contributed by atoms with Gasteiger partial charge in [-0.3, -0.25) is 4.79 Å². The Hall–Kier alpha value is -0.500. The maximum atomic E-state index is 10.8. The van der Waals surface area contributed by atoms with Crippen molar-refractivity contribution in [1.29, 1.82) is 5.26 Å². The topological polar surface area (TPSA) is 70.3 Å². The van der Waals surface area contributed by atoms with Crippen LogP contribution in [0, 0.1) is 17.2 Å². The second kappa shape index (κ2) is 12.5. The zero-order chi connectivity index (χ0) is 11.4. The Morgan fingerprint density at radius 1 is 1.64 bits per heavy atom. The molecule has 14 heavy (non-hydrogen) atoms. The maximum absolute atomic E-state index is 10.8. The van der Waals surface area contributed by atoms with E-state index in [-0.39, 0.29) is 25.0 Å². The number of halogens is 2. The van der Waals surface area contributed by atoms with E-state index < -0.39 is 11.9 Å². The average molecular weight is 242 g/mol. The van der Waals surface area contributed by atoms with Crippen molar-refractivity contribution in [2.75, 3.05) is 18.6 Å². The lowest BCUT2D eigenvalue weighted by Gasteiger charge is -2.07. The lowest BCUT2D eigenvalue weighted by molar-refractivity contribution is -0.149. The van der Waals surface area contributed by atoms with Crippen LogP contribution in [0.5, 0.6) is 0 Å². The van der Waals surface area contributed by atoms with Crippen LogP contribution in [0.15, 0.2) is 0 Å². The summed E-state index contributed by atoms with van der Waals surface area (Å²) in [4.78, 5) is 10.8. The van der Waals surface area contributed by atoms with Crippen LogP contribution in [0.4, 0.5) is 0 Å². The standard InChI is InChI=1S/C7H11NO3.CH2Cl2/c1-2-11-7(10)6(5-9)3-4-8;2-1-3/h6,9H,2-3,5H2,1H3;1H2. The number of nitriles is 1. The van der Waals surface area contributed by atoms with E-state index in [2.05, 4.69) is 4.74 Å². The first-order valence-corrected chi connectivity index (χ1v) is 5.01. The van der Waals surface area contributed by atoms with Gasteiger partial charge in [-0.1, -0.05) is 0 Å². The molecule has 1 atom stereocenters. The molecule has 0 aromatic rings. The molecule has 0 aromatic heterocycles. The van der Waals surface area contributed by atoms with E-state index >= 15 is 0 Å². The molecule has 1 N–H and O–H groups in total. The summed E-state index contributed by atoms with van der Waals surface area (Å²) in [6, 6.07) is 1.80. The van der Waals surface area contributed by atoms with Crippen molar-refractivity contribution >= 4 is 29.2 Å². The first-order valence-electron chi connectivity index (χ1n) is 3.94. The molecule has 0 saturated carbocycles. The number of ether oxygens (including phenoxy) is 1. The lowest BCUT2D eigenvalue weighted by atomic mass is 10.1. The number of alkyl halides is 2. The molecule has 0 radical (unpaired) electrons. The van der Waals surface area contributed by atoms with Gasteiger partial charge in [0.15, 0.2) is 0 Å². The van der Waals surface area contributed by atoms with E-state index in [1.807, 2.05) is 0 Å². The molecule has 0 spiro atoms. The van der Waals surface area contributed by atoms with Crippen LogP contribution in [0.1, 0.15) is 13.3 Å². The Kier molecular flexibility index (Phi) is 14.2. The molecule has 0 amide bonds. The molecule has 0 aliphatic heterocycles. The van der Waals surface area contributed by atoms with Crippen LogP contribution in [0.25, 0.3) is 0 Å². The zero-order valence-corrected chi connectivity index (χ0v) is 9.38. The Bertz CT molecular complexity index is 182. The van der Waals surface area contributed by atoms with Gasteiger partial charge in [0.1, 0.15) is 0 Å². The van der Waals surface area contributed by atoms with E-state index in [9.17, 15) is 4.79 Å². The molecular weight excluding hydrogens is 229 g/mol. The van der Waals surface area contributed by atoms with Gasteiger partial charge in [-0.2, -0.15) is 5.26 Å². The fraction of sp³-hybridized carbons (Fsp3) is 0.750. The highest BCUT2D eigenvalue weighted by molar-refractivity contribution is 6.40. The van der Waals surface area contributed by atoms with Crippen LogP contribution in [-0.2, 0) is 9.53 Å². The van der Waals surface area contributed by atoms with E-state index in [4.69, 9.17) is 33.6 Å². The van der Waals surface area contributed by atoms with E-state index in [0.717, 1.165) is 0 Å². The average Bonchev–Trinajstić information content (AvgIpc) is 2.15. The molecule has 0 rings (SSSR count). The molecule has 0 aliphatic rings. The van der Waals surface area contributed by atoms with Crippen LogP contribution in [0.2, 0.25) is 0 Å². The van der Waals surface area contributed by atoms with Crippen molar-refractivity contribution in [3.05, 3.63) is 0 Å². The van der Waals surface area contributed by atoms with Crippen molar-refractivity contribution in [1.82, 2.24) is 0 Å². The quantitative estimate of drug-likeness (QED) is 0.599. The van der Waals surface area contributed by atoms with Crippen molar-refractivity contribution in [3.8, 4) is 6.07 Å². The summed E-state index contributed by atoms with van der Waals surface area (Å²) in [6.07, 6.45) is 0.00926. The highest BCUT2D eigenvalue weighted by Gasteiger charge is 2.17. The summed E-state index contributed by atoms with van der Waals surface area (Å²) < 4.78 is 4.60. The fourth-order valence-corrected chi connectivity index (χ4v) is 0.593. The van der Waals surface area contributed by atoms with Crippen molar-refractivity contribution in [3.63, 3.8) is 0 Å². The van der Waals surface area contributed by atoms with Crippen molar-refractivity contribution in [2.45, 2.75) is 13.3 Å². The number of aliphatic hydroxyl groups is 1. The van der Waals surface area contributed by atoms with Gasteiger partial charge in [0.25, 0.3) is 0 Å². The molecule has 0 heterocycles. The van der Waals surface area contributed by atoms with E-state index in [1.54, 1.807) is 13.0 Å². The Balaban J connectivity index is 0. The molecule has 82 valence electrons. The number of carbonyl (C=O) groups is 1. The molecular formula is C8H13Cl2NO3. The molecule has 1 unspecified atom stereocenters. The minimum absolute atomic E-state index is 0.00926. The maximum Gasteiger partial charge on any atom is 0.312 e. The Morgan fingerprint density at radius 3 is 2.43 bits per heavy atom. The largest absolute Gasteiger partial charge is 0.466 e. The highest BCUT2D eigenvalue weighted by atomic mass is 35.5. The third kappa shape index (κ3) is 9.59. The van der Waals surface area contributed by atoms with Crippen LogP contribution in [-0.4, -0.2) is 29.6 Å². The summed E-state index contributed by atoms with van der Waals surface area (Å²) in [5, 5.41) is 17.0. The van der Waals surface area contributed by atoms with E-state index in [1.165, 1.54) is 0 Å². The minimum Gasteiger partial charge on any atom is -0.466 e. The fourth-order valence-electron chi connectivity index (χ4n) is 0.593. The predicted molar refractivity (Wildman–Crippen MR) is 54.0 cm³/mol. The summed E-state index contributed by atoms with van der Waals surface area (Å²) >= 11 is 9.53. The molecule has 0 fully saturated rings. The smallest absolute Gasteiger partial charge is 0.312 e. The highest BCUT2D eigenvalue weighted by Crippen LogP contribution is 2.03. The summed E-state index contributed by atoms with van der Waals surface area (Å²) in [6.45, 7) is 1.63. The van der Waals surface area contributed by atoms with Gasteiger partial charge in [-0.25, -0.2) is 0 Å². The molecule has 0 bridgehead atoms. The Labute approximate surface area is 93.4 Å². The van der Waals surface area contributed by atoms with Gasteiger partial charge in [0.05, 0.1) is 37.0 Å². The SMILES string of the molecule is CCOC(=O)C(CO)CC#N.ClCCl. The van der Waals surface area contributed by atoms with Crippen LogP contribution in [0.3, 0.4) is 0 Å². The number of rotatable bonds is 4. The summed E-state index contributed by atoms with van der Waals surface area (Å²) in [5.41, 5.74) is 0. The molecule has 0 saturated heterocycles. The second-order valence-electron chi connectivity index (χ2n) is 2.09. The van der Waals surface area contributed by atoms with Gasteiger partial charge < -0.3 is 9.84 Å². The molecule has 0 aromatic carbocycles. The monoisotopic (exact) mass is 241 g/mol. The van der Waals surface area contributed by atoms with Crippen LogP contribution >= 0.6 is 23.2 Å². The third-order valence-corrected chi connectivity index (χ3v) is 1.18. The zero-order valence-electron chi connectivity index (χ0n) is 7.87. The second-order valence-corrected chi connectivity index (χ2v) is 2.90. The minimum atomic E-state index is -0.681. The number of nitrogens with zero attached hydrogens (tertiary/aromatic N) is 1. The van der Waals surface area contributed by atoms with Gasteiger partial charge in [0.2, 0.25) is 0 Å². The lowest BCUT2D eigenvalue weighted by Crippen LogP contribution is -2.20. The van der Waals surface area contributed by atoms with E-state index in [0.29, 0.717) is 0 Å². The van der Waals surface area contributed by atoms with Crippen LogP contribution < -0.4 is 0 Å². The van der Waals surface area contributed by atoms with Gasteiger partial charge in [-0.05, 0) is 6.92 Å². The summed E-state index contributed by atoms with van der Waals surface area (Å²) in [7, 11) is 0. The number of hydrogen-bond acceptors (Lipinski definition) is 4. The predicted octanol–water partition coefficient (Wildman–Crippen LogP) is 1.49. The number of esters is 1. The number of aliphatic hydroxyl groups excluding tert-OH is 1. The van der Waals surface area contributed by atoms with Gasteiger partial charge >= 0.3 is 5.97 Å². The normalized spacial score (nSPS) is 10.5. The molecule has 6 heteroatoms. The van der Waals surface area contributed by atoms with Gasteiger partial charge in [-0.15, -0.1) is 23.2 Å². The Morgan fingerprint density at radius 2 is 2.14 bits per heavy atom. The van der Waals surface area contributed by atoms with Crippen molar-refractivity contribution < 1.29 is 14.6 Å². The number of carbonyl (C=O) groups excluding carboxylic acids is 1. The van der Waals surface area contributed by atoms with Gasteiger partial charge in [0, 0.05) is 0 Å². The third-order valence-electron chi connectivity index (χ3n) is 1.18. The molecule has 0 aliphatic carbocycles. The molecule has 4 nitrogen and oxygen atoms in total.